The molecule has 1 saturated heterocycles. The van der Waals surface area contributed by atoms with Crippen LogP contribution >= 0.6 is 11.3 Å². The molecule has 104 valence electrons. The van der Waals surface area contributed by atoms with Gasteiger partial charge in [-0.15, -0.1) is 0 Å². The Hall–Kier alpha value is -1.63. The molecule has 7 heteroatoms. The van der Waals surface area contributed by atoms with Crippen LogP contribution in [0, 0.1) is 6.92 Å². The Morgan fingerprint density at radius 2 is 1.63 bits per heavy atom. The summed E-state index contributed by atoms with van der Waals surface area (Å²) in [6.45, 7) is 5.46. The number of nitrogens with zero attached hydrogens (tertiary/aromatic N) is 3. The van der Waals surface area contributed by atoms with Crippen molar-refractivity contribution in [3.05, 3.63) is 20.2 Å². The van der Waals surface area contributed by atoms with E-state index < -0.39 is 0 Å². The molecule has 2 heterocycles. The van der Waals surface area contributed by atoms with Crippen molar-refractivity contribution in [2.24, 2.45) is 7.05 Å². The summed E-state index contributed by atoms with van der Waals surface area (Å²) in [5, 5.41) is 0. The first kappa shape index (κ1) is 13.8. The Balaban J connectivity index is 2.11. The van der Waals surface area contributed by atoms with E-state index in [2.05, 4.69) is 0 Å². The Morgan fingerprint density at radius 3 is 2.05 bits per heavy atom. The monoisotopic (exact) mass is 283 g/mol. The van der Waals surface area contributed by atoms with Crippen molar-refractivity contribution < 1.29 is 9.59 Å². The number of carbonyl (C=O) groups is 2. The molecule has 19 heavy (non-hydrogen) atoms. The van der Waals surface area contributed by atoms with Gasteiger partial charge in [-0.25, -0.2) is 0 Å². The van der Waals surface area contributed by atoms with E-state index in [-0.39, 0.29) is 16.7 Å². The van der Waals surface area contributed by atoms with Gasteiger partial charge in [0, 0.05) is 45.8 Å². The molecule has 6 nitrogen and oxygen atoms in total. The predicted molar refractivity (Wildman–Crippen MR) is 72.5 cm³/mol. The molecule has 1 aromatic heterocycles. The van der Waals surface area contributed by atoms with Gasteiger partial charge in [-0.2, -0.15) is 0 Å². The Bertz CT molecular complexity index is 567. The fourth-order valence-electron chi connectivity index (χ4n) is 2.09. The summed E-state index contributed by atoms with van der Waals surface area (Å²) < 4.78 is 1.49. The highest BCUT2D eigenvalue weighted by molar-refractivity contribution is 7.11. The highest BCUT2D eigenvalue weighted by Crippen LogP contribution is 2.15. The lowest BCUT2D eigenvalue weighted by Gasteiger charge is -2.34. The van der Waals surface area contributed by atoms with Crippen LogP contribution in [0.3, 0.4) is 0 Å². The molecule has 2 amide bonds. The lowest BCUT2D eigenvalue weighted by Crippen LogP contribution is -2.50. The van der Waals surface area contributed by atoms with E-state index in [0.717, 1.165) is 11.3 Å². The third kappa shape index (κ3) is 2.56. The van der Waals surface area contributed by atoms with Crippen LogP contribution in [0.4, 0.5) is 0 Å². The topological polar surface area (TPSA) is 62.6 Å². The highest BCUT2D eigenvalue weighted by atomic mass is 32.1. The van der Waals surface area contributed by atoms with Crippen LogP contribution in [-0.2, 0) is 11.8 Å². The van der Waals surface area contributed by atoms with Crippen LogP contribution in [0.15, 0.2) is 4.79 Å². The number of piperazine rings is 1. The molecule has 1 aliphatic rings. The SMILES string of the molecule is CC(=O)N1CCN(C(=O)c2sc(=O)n(C)c2C)CC1. The molecule has 0 aromatic carbocycles. The van der Waals surface area contributed by atoms with Crippen LogP contribution in [0.25, 0.3) is 0 Å². The van der Waals surface area contributed by atoms with Crippen LogP contribution in [0.5, 0.6) is 0 Å². The summed E-state index contributed by atoms with van der Waals surface area (Å²) in [7, 11) is 1.67. The second kappa shape index (κ2) is 5.16. The Labute approximate surface area is 115 Å². The summed E-state index contributed by atoms with van der Waals surface area (Å²) >= 11 is 0.985. The van der Waals surface area contributed by atoms with E-state index in [0.29, 0.717) is 36.8 Å². The molecule has 0 N–H and O–H groups in total. The minimum absolute atomic E-state index is 0.0349. The van der Waals surface area contributed by atoms with Gasteiger partial charge in [-0.1, -0.05) is 11.3 Å². The molecule has 0 unspecified atom stereocenters. The van der Waals surface area contributed by atoms with E-state index in [1.165, 1.54) is 11.5 Å². The maximum absolute atomic E-state index is 12.3. The zero-order chi connectivity index (χ0) is 14.2. The summed E-state index contributed by atoms with van der Waals surface area (Å²) in [6, 6.07) is 0. The van der Waals surface area contributed by atoms with E-state index in [4.69, 9.17) is 0 Å². The maximum atomic E-state index is 12.3. The molecule has 0 atom stereocenters. The second-order valence-corrected chi connectivity index (χ2v) is 5.60. The van der Waals surface area contributed by atoms with Gasteiger partial charge in [0.2, 0.25) is 5.91 Å². The quantitative estimate of drug-likeness (QED) is 0.732. The van der Waals surface area contributed by atoms with Crippen molar-refractivity contribution in [3.8, 4) is 0 Å². The summed E-state index contributed by atoms with van der Waals surface area (Å²) in [5.74, 6) is -0.0731. The predicted octanol–water partition coefficient (Wildman–Crippen LogP) is 0.0595. The lowest BCUT2D eigenvalue weighted by molar-refractivity contribution is -0.130. The van der Waals surface area contributed by atoms with E-state index in [1.807, 2.05) is 0 Å². The van der Waals surface area contributed by atoms with Crippen molar-refractivity contribution in [1.82, 2.24) is 14.4 Å². The standard InChI is InChI=1S/C12H17N3O3S/c1-8-10(19-12(18)13(8)3)11(17)15-6-4-14(5-7-15)9(2)16/h4-7H2,1-3H3. The molecule has 2 rings (SSSR count). The molecule has 1 fully saturated rings. The van der Waals surface area contributed by atoms with Crippen molar-refractivity contribution >= 4 is 23.2 Å². The zero-order valence-corrected chi connectivity index (χ0v) is 12.1. The zero-order valence-electron chi connectivity index (χ0n) is 11.3. The van der Waals surface area contributed by atoms with Crippen molar-refractivity contribution in [1.29, 1.82) is 0 Å². The lowest BCUT2D eigenvalue weighted by atomic mass is 10.2. The van der Waals surface area contributed by atoms with Crippen LogP contribution in [-0.4, -0.2) is 52.4 Å². The number of amides is 2. The number of hydrogen-bond acceptors (Lipinski definition) is 4. The Kier molecular flexibility index (Phi) is 3.75. The van der Waals surface area contributed by atoms with Crippen LogP contribution in [0.1, 0.15) is 22.3 Å². The molecule has 1 aromatic rings. The molecule has 0 bridgehead atoms. The first-order chi connectivity index (χ1) is 8.91. The van der Waals surface area contributed by atoms with Gasteiger partial charge in [0.25, 0.3) is 5.91 Å². The van der Waals surface area contributed by atoms with Crippen LogP contribution < -0.4 is 4.87 Å². The minimum atomic E-state index is -0.122. The van der Waals surface area contributed by atoms with Gasteiger partial charge in [-0.3, -0.25) is 14.4 Å². The van der Waals surface area contributed by atoms with E-state index in [1.54, 1.807) is 23.8 Å². The molecule has 0 aliphatic carbocycles. The number of carbonyl (C=O) groups excluding carboxylic acids is 2. The fraction of sp³-hybridized carbons (Fsp3) is 0.583. The van der Waals surface area contributed by atoms with Crippen molar-refractivity contribution in [2.75, 3.05) is 26.2 Å². The molecule has 0 spiro atoms. The number of rotatable bonds is 1. The van der Waals surface area contributed by atoms with E-state index in [9.17, 15) is 14.4 Å². The van der Waals surface area contributed by atoms with Crippen molar-refractivity contribution in [3.63, 3.8) is 0 Å². The smallest absolute Gasteiger partial charge is 0.307 e. The number of thiazole rings is 1. The largest absolute Gasteiger partial charge is 0.339 e. The molecular weight excluding hydrogens is 266 g/mol. The minimum Gasteiger partial charge on any atom is -0.339 e. The molecular formula is C12H17N3O3S. The number of hydrogen-bond donors (Lipinski definition) is 0. The highest BCUT2D eigenvalue weighted by Gasteiger charge is 2.26. The third-order valence-electron chi connectivity index (χ3n) is 3.50. The average Bonchev–Trinajstić information content (AvgIpc) is 2.66. The average molecular weight is 283 g/mol. The van der Waals surface area contributed by atoms with Gasteiger partial charge in [0.15, 0.2) is 0 Å². The number of aromatic nitrogens is 1. The molecule has 0 saturated carbocycles. The van der Waals surface area contributed by atoms with E-state index >= 15 is 0 Å². The summed E-state index contributed by atoms with van der Waals surface area (Å²) in [6.07, 6.45) is 0. The molecule has 1 aliphatic heterocycles. The van der Waals surface area contributed by atoms with Gasteiger partial charge in [-0.05, 0) is 6.92 Å². The van der Waals surface area contributed by atoms with Gasteiger partial charge >= 0.3 is 4.87 Å². The van der Waals surface area contributed by atoms with Gasteiger partial charge in [0.1, 0.15) is 4.88 Å². The Morgan fingerprint density at radius 1 is 1.11 bits per heavy atom. The summed E-state index contributed by atoms with van der Waals surface area (Å²) in [5.41, 5.74) is 0.703. The summed E-state index contributed by atoms with van der Waals surface area (Å²) in [4.78, 5) is 38.9. The van der Waals surface area contributed by atoms with Crippen molar-refractivity contribution in [2.45, 2.75) is 13.8 Å². The second-order valence-electron chi connectivity index (χ2n) is 4.64. The fourth-order valence-corrected chi connectivity index (χ4v) is 3.03. The third-order valence-corrected chi connectivity index (χ3v) is 4.62. The first-order valence-corrected chi connectivity index (χ1v) is 6.94. The molecule has 0 radical (unpaired) electrons. The first-order valence-electron chi connectivity index (χ1n) is 6.13. The van der Waals surface area contributed by atoms with Gasteiger partial charge < -0.3 is 14.4 Å². The van der Waals surface area contributed by atoms with Crippen LogP contribution in [0.2, 0.25) is 0 Å². The maximum Gasteiger partial charge on any atom is 0.307 e. The normalized spacial score (nSPS) is 15.7. The van der Waals surface area contributed by atoms with Gasteiger partial charge in [0.05, 0.1) is 0 Å².